The molecule has 1 aromatic rings. The predicted molar refractivity (Wildman–Crippen MR) is 83.8 cm³/mol. The lowest BCUT2D eigenvalue weighted by Crippen LogP contribution is -2.59. The molecule has 5 heteroatoms. The molecule has 2 heterocycles. The Labute approximate surface area is 133 Å². The number of para-hydroxylation sites is 1. The summed E-state index contributed by atoms with van der Waals surface area (Å²) in [6.07, 6.45) is 4.18. The first-order chi connectivity index (χ1) is 11.2. The molecule has 6 rings (SSSR count). The Kier molecular flexibility index (Phi) is 2.45. The number of nitrogens with zero attached hydrogens (tertiary/aromatic N) is 2. The second-order valence-corrected chi connectivity index (χ2v) is 6.63. The van der Waals surface area contributed by atoms with Crippen LogP contribution in [0, 0.1) is 29.6 Å². The number of ether oxygens (including phenoxy) is 1. The first kappa shape index (κ1) is 13.0. The summed E-state index contributed by atoms with van der Waals surface area (Å²) >= 11 is 0. The lowest BCUT2D eigenvalue weighted by Gasteiger charge is -2.52. The van der Waals surface area contributed by atoms with Crippen LogP contribution in [0.15, 0.2) is 47.5 Å². The highest BCUT2D eigenvalue weighted by Crippen LogP contribution is 2.56. The fourth-order valence-corrected chi connectivity index (χ4v) is 4.80. The number of anilines is 1. The van der Waals surface area contributed by atoms with E-state index in [0.29, 0.717) is 5.69 Å². The second-order valence-electron chi connectivity index (χ2n) is 6.63. The Morgan fingerprint density at radius 1 is 0.957 bits per heavy atom. The summed E-state index contributed by atoms with van der Waals surface area (Å²) in [6, 6.07) is 9.29. The van der Waals surface area contributed by atoms with Crippen molar-refractivity contribution in [3.63, 3.8) is 0 Å². The van der Waals surface area contributed by atoms with Gasteiger partial charge in [-0.2, -0.15) is 0 Å². The third kappa shape index (κ3) is 1.45. The summed E-state index contributed by atoms with van der Waals surface area (Å²) in [5.74, 6) is 0.207. The van der Waals surface area contributed by atoms with Gasteiger partial charge < -0.3 is 4.74 Å². The van der Waals surface area contributed by atoms with Crippen LogP contribution in [0.2, 0.25) is 0 Å². The molecule has 0 spiro atoms. The van der Waals surface area contributed by atoms with Crippen molar-refractivity contribution in [2.75, 3.05) is 12.0 Å². The van der Waals surface area contributed by atoms with Gasteiger partial charge in [-0.25, -0.2) is 0 Å². The molecule has 1 saturated heterocycles. The highest BCUT2D eigenvalue weighted by molar-refractivity contribution is 6.23. The third-order valence-electron chi connectivity index (χ3n) is 5.74. The Balaban J connectivity index is 1.57. The molecule has 6 atom stereocenters. The van der Waals surface area contributed by atoms with Gasteiger partial charge in [-0.1, -0.05) is 30.4 Å². The fraction of sp³-hybridized carbons (Fsp3) is 0.389. The molecule has 2 bridgehead atoms. The maximum atomic E-state index is 13.0. The second kappa shape index (κ2) is 4.31. The average Bonchev–Trinajstić information content (AvgIpc) is 2.82. The molecule has 5 nitrogen and oxygen atoms in total. The number of imide groups is 1. The van der Waals surface area contributed by atoms with E-state index in [1.54, 1.807) is 7.11 Å². The molecule has 5 aliphatic rings. The van der Waals surface area contributed by atoms with Crippen LogP contribution in [0.1, 0.15) is 0 Å². The minimum Gasteiger partial charge on any atom is -0.484 e. The highest BCUT2D eigenvalue weighted by Gasteiger charge is 2.66. The molecule has 2 amide bonds. The molecule has 0 aromatic heterocycles. The van der Waals surface area contributed by atoms with Crippen molar-refractivity contribution in [3.8, 4) is 0 Å². The van der Waals surface area contributed by atoms with Crippen molar-refractivity contribution in [2.24, 2.45) is 34.6 Å². The van der Waals surface area contributed by atoms with Crippen LogP contribution in [0.5, 0.6) is 0 Å². The highest BCUT2D eigenvalue weighted by atomic mass is 16.5. The van der Waals surface area contributed by atoms with Crippen LogP contribution in [0.25, 0.3) is 0 Å². The molecule has 0 radical (unpaired) electrons. The Hall–Kier alpha value is -2.43. The number of benzene rings is 1. The van der Waals surface area contributed by atoms with Crippen LogP contribution in [0.3, 0.4) is 0 Å². The molecule has 0 N–H and O–H groups in total. The van der Waals surface area contributed by atoms with Gasteiger partial charge in [0, 0.05) is 11.8 Å². The summed E-state index contributed by atoms with van der Waals surface area (Å²) in [5.41, 5.74) is 0.663. The maximum Gasteiger partial charge on any atom is 0.238 e. The van der Waals surface area contributed by atoms with Crippen LogP contribution in [-0.4, -0.2) is 30.9 Å². The van der Waals surface area contributed by atoms with Crippen molar-refractivity contribution in [3.05, 3.63) is 42.5 Å². The Morgan fingerprint density at radius 3 is 2.30 bits per heavy atom. The van der Waals surface area contributed by atoms with Gasteiger partial charge in [0.2, 0.25) is 11.8 Å². The number of carbonyl (C=O) groups is 2. The molecule has 2 aliphatic heterocycles. The molecule has 116 valence electrons. The third-order valence-corrected chi connectivity index (χ3v) is 5.74. The molecule has 0 unspecified atom stereocenters. The summed E-state index contributed by atoms with van der Waals surface area (Å²) in [4.78, 5) is 31.9. The van der Waals surface area contributed by atoms with Crippen molar-refractivity contribution >= 4 is 23.4 Å². The predicted octanol–water partition coefficient (Wildman–Crippen LogP) is 1.65. The van der Waals surface area contributed by atoms with E-state index in [2.05, 4.69) is 17.1 Å². The van der Waals surface area contributed by atoms with Crippen molar-refractivity contribution in [2.45, 2.75) is 6.04 Å². The number of hydrogen-bond donors (Lipinski definition) is 0. The quantitative estimate of drug-likeness (QED) is 0.585. The monoisotopic (exact) mass is 308 g/mol. The zero-order valence-electron chi connectivity index (χ0n) is 12.6. The van der Waals surface area contributed by atoms with Crippen molar-refractivity contribution in [1.29, 1.82) is 0 Å². The van der Waals surface area contributed by atoms with Gasteiger partial charge in [0.05, 0.1) is 36.6 Å². The number of aliphatic imine (C=N–C) groups is 1. The number of hydrogen-bond acceptors (Lipinski definition) is 4. The molecular weight excluding hydrogens is 292 g/mol. The van der Waals surface area contributed by atoms with Gasteiger partial charge in [0.25, 0.3) is 0 Å². The molecule has 2 fully saturated rings. The standard InChI is InChI=1S/C18H16N2O3/c1-23-16-14-10-7-8-11(15(14)19-16)13-12(10)17(21)20(18(13)22)9-5-3-2-4-6-9/h2-8,10-15H,1H3/t10-,11-,12-,13-,14-,15+/m1/s1. The van der Waals surface area contributed by atoms with Gasteiger partial charge in [-0.3, -0.25) is 19.5 Å². The van der Waals surface area contributed by atoms with Crippen LogP contribution >= 0.6 is 0 Å². The number of rotatable bonds is 1. The normalized spacial score (nSPS) is 39.7. The van der Waals surface area contributed by atoms with Gasteiger partial charge in [-0.15, -0.1) is 0 Å². The summed E-state index contributed by atoms with van der Waals surface area (Å²) in [7, 11) is 1.62. The van der Waals surface area contributed by atoms with Crippen LogP contribution < -0.4 is 4.90 Å². The van der Waals surface area contributed by atoms with E-state index < -0.39 is 0 Å². The van der Waals surface area contributed by atoms with Crippen molar-refractivity contribution < 1.29 is 14.3 Å². The number of carbonyl (C=O) groups excluding carboxylic acids is 2. The van der Waals surface area contributed by atoms with E-state index in [0.717, 1.165) is 5.90 Å². The van der Waals surface area contributed by atoms with E-state index in [1.807, 2.05) is 30.3 Å². The minimum absolute atomic E-state index is 0.0130. The van der Waals surface area contributed by atoms with Gasteiger partial charge in [0.15, 0.2) is 5.90 Å². The van der Waals surface area contributed by atoms with Crippen molar-refractivity contribution in [1.82, 2.24) is 0 Å². The molecule has 1 aromatic carbocycles. The largest absolute Gasteiger partial charge is 0.484 e. The van der Waals surface area contributed by atoms with E-state index >= 15 is 0 Å². The van der Waals surface area contributed by atoms with Crippen LogP contribution in [0.4, 0.5) is 5.69 Å². The van der Waals surface area contributed by atoms with Crippen LogP contribution in [-0.2, 0) is 14.3 Å². The average molecular weight is 308 g/mol. The molecule has 3 aliphatic carbocycles. The lowest BCUT2D eigenvalue weighted by molar-refractivity contribution is -0.126. The fourth-order valence-electron chi connectivity index (χ4n) is 4.80. The number of allylic oxidation sites excluding steroid dienone is 1. The summed E-state index contributed by atoms with van der Waals surface area (Å²) in [6.45, 7) is 0. The van der Waals surface area contributed by atoms with Gasteiger partial charge >= 0.3 is 0 Å². The smallest absolute Gasteiger partial charge is 0.238 e. The summed E-state index contributed by atoms with van der Waals surface area (Å²) in [5, 5.41) is 0. The molecular formula is C18H16N2O3. The van der Waals surface area contributed by atoms with Gasteiger partial charge in [0.1, 0.15) is 0 Å². The van der Waals surface area contributed by atoms with E-state index in [9.17, 15) is 9.59 Å². The SMILES string of the molecule is COC1=N[C@H]2[C@@H]3C=C[C@@H]([C@@H]12)[C@H]1C(=O)N(c2ccccc2)C(=O)[C@H]31. The zero-order valence-corrected chi connectivity index (χ0v) is 12.6. The maximum absolute atomic E-state index is 13.0. The van der Waals surface area contributed by atoms with E-state index in [1.165, 1.54) is 4.90 Å². The van der Waals surface area contributed by atoms with Gasteiger partial charge in [-0.05, 0) is 12.1 Å². The number of methoxy groups -OCH3 is 1. The van der Waals surface area contributed by atoms with E-state index in [4.69, 9.17) is 4.74 Å². The first-order valence-electron chi connectivity index (χ1n) is 7.95. The molecule has 23 heavy (non-hydrogen) atoms. The van der Waals surface area contributed by atoms with E-state index in [-0.39, 0.29) is 47.4 Å². The minimum atomic E-state index is -0.278. The lowest BCUT2D eigenvalue weighted by atomic mass is 9.54. The number of amides is 2. The zero-order chi connectivity index (χ0) is 15.7. The summed E-state index contributed by atoms with van der Waals surface area (Å²) < 4.78 is 5.34. The Bertz CT molecular complexity index is 770. The molecule has 1 saturated carbocycles. The first-order valence-corrected chi connectivity index (χ1v) is 7.95. The topological polar surface area (TPSA) is 59.0 Å². The Morgan fingerprint density at radius 2 is 1.61 bits per heavy atom.